The lowest BCUT2D eigenvalue weighted by Gasteiger charge is -2.36. The summed E-state index contributed by atoms with van der Waals surface area (Å²) in [6.45, 7) is 1.75. The number of hydrogen-bond acceptors (Lipinski definition) is 4. The van der Waals surface area contributed by atoms with Crippen LogP contribution in [0.1, 0.15) is 25.7 Å². The minimum Gasteiger partial charge on any atom is -0.338 e. The molecule has 2 N–H and O–H groups in total. The average molecular weight is 347 g/mol. The number of anilines is 1. The fourth-order valence-electron chi connectivity index (χ4n) is 3.65. The van der Waals surface area contributed by atoms with Crippen LogP contribution in [0.15, 0.2) is 29.2 Å². The molecule has 130 valence electrons. The normalized spacial score (nSPS) is 24.5. The van der Waals surface area contributed by atoms with Gasteiger partial charge < -0.3 is 15.5 Å². The van der Waals surface area contributed by atoms with E-state index < -0.39 is 0 Å². The van der Waals surface area contributed by atoms with E-state index in [1.807, 2.05) is 35.4 Å². The van der Waals surface area contributed by atoms with Crippen molar-refractivity contribution in [3.8, 4) is 0 Å². The van der Waals surface area contributed by atoms with Gasteiger partial charge in [0.25, 0.3) is 0 Å². The van der Waals surface area contributed by atoms with Gasteiger partial charge in [-0.25, -0.2) is 0 Å². The summed E-state index contributed by atoms with van der Waals surface area (Å²) in [6, 6.07) is 8.08. The molecule has 0 aromatic heterocycles. The van der Waals surface area contributed by atoms with E-state index in [4.69, 9.17) is 5.73 Å². The highest BCUT2D eigenvalue weighted by atomic mass is 32.2. The van der Waals surface area contributed by atoms with Crippen molar-refractivity contribution in [2.75, 3.05) is 30.8 Å². The van der Waals surface area contributed by atoms with Gasteiger partial charge in [-0.15, -0.1) is 11.8 Å². The Labute approximate surface area is 147 Å². The zero-order valence-electron chi connectivity index (χ0n) is 14.1. The van der Waals surface area contributed by atoms with Gasteiger partial charge in [0.1, 0.15) is 0 Å². The zero-order valence-corrected chi connectivity index (χ0v) is 14.9. The minimum atomic E-state index is -0.245. The van der Waals surface area contributed by atoms with Crippen molar-refractivity contribution in [1.82, 2.24) is 4.90 Å². The Kier molecular flexibility index (Phi) is 5.46. The predicted molar refractivity (Wildman–Crippen MR) is 97.1 cm³/mol. The van der Waals surface area contributed by atoms with E-state index in [0.29, 0.717) is 19.5 Å². The Bertz CT molecular complexity index is 605. The number of piperidine rings is 1. The Morgan fingerprint density at radius 3 is 2.71 bits per heavy atom. The van der Waals surface area contributed by atoms with E-state index in [1.54, 1.807) is 16.7 Å². The van der Waals surface area contributed by atoms with Crippen molar-refractivity contribution in [2.24, 2.45) is 11.7 Å². The molecule has 0 saturated carbocycles. The highest BCUT2D eigenvalue weighted by Crippen LogP contribution is 2.29. The van der Waals surface area contributed by atoms with Gasteiger partial charge in [0.2, 0.25) is 11.8 Å². The number of carbonyl (C=O) groups is 2. The van der Waals surface area contributed by atoms with Crippen LogP contribution in [-0.4, -0.2) is 48.6 Å². The third kappa shape index (κ3) is 3.44. The Balaban J connectivity index is 1.70. The van der Waals surface area contributed by atoms with Gasteiger partial charge in [0, 0.05) is 42.7 Å². The summed E-state index contributed by atoms with van der Waals surface area (Å²) in [4.78, 5) is 30.1. The topological polar surface area (TPSA) is 66.6 Å². The molecule has 6 heteroatoms. The fraction of sp³-hybridized carbons (Fsp3) is 0.556. The molecule has 2 atom stereocenters. The number of likely N-dealkylation sites (tertiary alicyclic amines) is 1. The standard InChI is InChI=1S/C18H25N3O2S/c1-24-16-7-5-14(6-8-16)21-12-13(10-17(21)22)18(23)20-9-3-2-4-15(20)11-19/h5-8,13,15H,2-4,9-12,19H2,1H3. The van der Waals surface area contributed by atoms with Crippen molar-refractivity contribution in [2.45, 2.75) is 36.6 Å². The summed E-state index contributed by atoms with van der Waals surface area (Å²) < 4.78 is 0. The molecule has 2 amide bonds. The molecule has 3 rings (SSSR count). The number of amides is 2. The van der Waals surface area contributed by atoms with E-state index in [0.717, 1.165) is 36.4 Å². The first-order chi connectivity index (χ1) is 11.6. The first kappa shape index (κ1) is 17.3. The van der Waals surface area contributed by atoms with Crippen molar-refractivity contribution < 1.29 is 9.59 Å². The van der Waals surface area contributed by atoms with Crippen molar-refractivity contribution in [3.05, 3.63) is 24.3 Å². The van der Waals surface area contributed by atoms with Gasteiger partial charge in [-0.05, 0) is 49.8 Å². The summed E-state index contributed by atoms with van der Waals surface area (Å²) in [5, 5.41) is 0. The molecule has 0 bridgehead atoms. The molecule has 1 aromatic rings. The van der Waals surface area contributed by atoms with Crippen molar-refractivity contribution in [1.29, 1.82) is 0 Å². The quantitative estimate of drug-likeness (QED) is 0.847. The molecule has 2 fully saturated rings. The molecule has 5 nitrogen and oxygen atoms in total. The fourth-order valence-corrected chi connectivity index (χ4v) is 4.06. The van der Waals surface area contributed by atoms with E-state index in [2.05, 4.69) is 0 Å². The Morgan fingerprint density at radius 2 is 2.04 bits per heavy atom. The SMILES string of the molecule is CSc1ccc(N2CC(C(=O)N3CCCCC3CN)CC2=O)cc1. The molecule has 0 aliphatic carbocycles. The summed E-state index contributed by atoms with van der Waals surface area (Å²) in [6.07, 6.45) is 5.46. The molecular weight excluding hydrogens is 322 g/mol. The maximum atomic E-state index is 12.9. The molecule has 2 aliphatic rings. The number of rotatable bonds is 4. The lowest BCUT2D eigenvalue weighted by molar-refractivity contribution is -0.139. The molecule has 0 radical (unpaired) electrons. The summed E-state index contributed by atoms with van der Waals surface area (Å²) in [7, 11) is 0. The number of hydrogen-bond donors (Lipinski definition) is 1. The first-order valence-electron chi connectivity index (χ1n) is 8.59. The van der Waals surface area contributed by atoms with Crippen LogP contribution in [-0.2, 0) is 9.59 Å². The van der Waals surface area contributed by atoms with Crippen molar-refractivity contribution >= 4 is 29.3 Å². The molecule has 2 unspecified atom stereocenters. The number of nitrogens with zero attached hydrogens (tertiary/aromatic N) is 2. The van der Waals surface area contributed by atoms with E-state index in [9.17, 15) is 9.59 Å². The van der Waals surface area contributed by atoms with Gasteiger partial charge in [0.05, 0.1) is 5.92 Å². The van der Waals surface area contributed by atoms with Crippen LogP contribution in [0, 0.1) is 5.92 Å². The van der Waals surface area contributed by atoms with Gasteiger partial charge in [-0.3, -0.25) is 9.59 Å². The molecule has 24 heavy (non-hydrogen) atoms. The van der Waals surface area contributed by atoms with Gasteiger partial charge >= 0.3 is 0 Å². The van der Waals surface area contributed by atoms with Crippen LogP contribution in [0.5, 0.6) is 0 Å². The maximum Gasteiger partial charge on any atom is 0.228 e. The zero-order chi connectivity index (χ0) is 17.1. The van der Waals surface area contributed by atoms with Gasteiger partial charge in [-0.2, -0.15) is 0 Å². The lowest BCUT2D eigenvalue weighted by Crippen LogP contribution is -2.50. The lowest BCUT2D eigenvalue weighted by atomic mass is 9.98. The smallest absolute Gasteiger partial charge is 0.228 e. The van der Waals surface area contributed by atoms with Crippen LogP contribution in [0.25, 0.3) is 0 Å². The summed E-state index contributed by atoms with van der Waals surface area (Å²) in [5.74, 6) is -0.113. The largest absolute Gasteiger partial charge is 0.338 e. The highest BCUT2D eigenvalue weighted by molar-refractivity contribution is 7.98. The van der Waals surface area contributed by atoms with Crippen LogP contribution in [0.3, 0.4) is 0 Å². The second-order valence-corrected chi connectivity index (χ2v) is 7.40. The van der Waals surface area contributed by atoms with E-state index in [-0.39, 0.29) is 23.8 Å². The van der Waals surface area contributed by atoms with Gasteiger partial charge in [0.15, 0.2) is 0 Å². The average Bonchev–Trinajstić information content (AvgIpc) is 3.03. The minimum absolute atomic E-state index is 0.0339. The van der Waals surface area contributed by atoms with Crippen molar-refractivity contribution in [3.63, 3.8) is 0 Å². The molecule has 2 aliphatic heterocycles. The molecule has 0 spiro atoms. The third-order valence-corrected chi connectivity index (χ3v) is 5.78. The summed E-state index contributed by atoms with van der Waals surface area (Å²) >= 11 is 1.67. The predicted octanol–water partition coefficient (Wildman–Crippen LogP) is 2.10. The molecule has 1 aromatic carbocycles. The Morgan fingerprint density at radius 1 is 1.29 bits per heavy atom. The van der Waals surface area contributed by atoms with Crippen LogP contribution in [0.2, 0.25) is 0 Å². The third-order valence-electron chi connectivity index (χ3n) is 5.04. The second kappa shape index (κ2) is 7.57. The monoisotopic (exact) mass is 347 g/mol. The maximum absolute atomic E-state index is 12.9. The van der Waals surface area contributed by atoms with Gasteiger partial charge in [-0.1, -0.05) is 0 Å². The van der Waals surface area contributed by atoms with Crippen LogP contribution >= 0.6 is 11.8 Å². The second-order valence-electron chi connectivity index (χ2n) is 6.52. The van der Waals surface area contributed by atoms with Crippen LogP contribution in [0.4, 0.5) is 5.69 Å². The molecule has 2 saturated heterocycles. The van der Waals surface area contributed by atoms with E-state index in [1.165, 1.54) is 0 Å². The number of nitrogens with two attached hydrogens (primary N) is 1. The van der Waals surface area contributed by atoms with Crippen LogP contribution < -0.4 is 10.6 Å². The molecular formula is C18H25N3O2S. The number of benzene rings is 1. The Hall–Kier alpha value is -1.53. The summed E-state index contributed by atoms with van der Waals surface area (Å²) in [5.41, 5.74) is 6.71. The number of thioether (sulfide) groups is 1. The number of carbonyl (C=O) groups excluding carboxylic acids is 2. The molecule has 2 heterocycles. The van der Waals surface area contributed by atoms with E-state index >= 15 is 0 Å². The first-order valence-corrected chi connectivity index (χ1v) is 9.81. The highest BCUT2D eigenvalue weighted by Gasteiger charge is 2.39.